The Balaban J connectivity index is 1.70. The summed E-state index contributed by atoms with van der Waals surface area (Å²) in [7, 11) is 0. The largest absolute Gasteiger partial charge is 0.494 e. The fraction of sp³-hybridized carbons (Fsp3) is 0.133. The van der Waals surface area contributed by atoms with E-state index in [2.05, 4.69) is 21.7 Å². The van der Waals surface area contributed by atoms with Crippen LogP contribution >= 0.6 is 23.4 Å². The number of para-hydroxylation sites is 1. The number of benzene rings is 3. The second-order valence-corrected chi connectivity index (χ2v) is 9.76. The topological polar surface area (TPSA) is 104 Å². The fourth-order valence-corrected chi connectivity index (χ4v) is 4.87. The summed E-state index contributed by atoms with van der Waals surface area (Å²) in [5, 5.41) is 16.9. The van der Waals surface area contributed by atoms with Crippen LogP contribution in [0.5, 0.6) is 5.75 Å². The number of nitrogens with zero attached hydrogens (tertiary/aromatic N) is 2. The lowest BCUT2D eigenvalue weighted by atomic mass is 9.94. The predicted octanol–water partition coefficient (Wildman–Crippen LogP) is 6.96. The van der Waals surface area contributed by atoms with Crippen molar-refractivity contribution in [3.63, 3.8) is 0 Å². The summed E-state index contributed by atoms with van der Waals surface area (Å²) in [6.07, 6.45) is 0. The van der Waals surface area contributed by atoms with Crippen molar-refractivity contribution in [3.8, 4) is 22.9 Å². The maximum Gasteiger partial charge on any atom is 0.258 e. The van der Waals surface area contributed by atoms with Gasteiger partial charge in [-0.25, -0.2) is 4.98 Å². The first-order valence-corrected chi connectivity index (χ1v) is 13.5. The number of nitrogens with one attached hydrogen (secondary N) is 2. The molecule has 0 fully saturated rings. The number of aromatic nitrogens is 1. The van der Waals surface area contributed by atoms with Crippen molar-refractivity contribution in [2.75, 3.05) is 23.0 Å². The number of hydrogen-bond acceptors (Lipinski definition) is 6. The number of halogens is 1. The smallest absolute Gasteiger partial charge is 0.258 e. The van der Waals surface area contributed by atoms with Crippen molar-refractivity contribution in [3.05, 3.63) is 101 Å². The third-order valence-electron chi connectivity index (χ3n) is 5.64. The monoisotopic (exact) mass is 556 g/mol. The Kier molecular flexibility index (Phi) is 9.21. The highest BCUT2D eigenvalue weighted by atomic mass is 35.5. The Hall–Kier alpha value is -4.32. The molecule has 2 N–H and O–H groups in total. The van der Waals surface area contributed by atoms with Gasteiger partial charge in [0.25, 0.3) is 5.91 Å². The zero-order valence-corrected chi connectivity index (χ0v) is 22.9. The highest BCUT2D eigenvalue weighted by Crippen LogP contribution is 2.36. The molecule has 1 aromatic heterocycles. The molecule has 9 heteroatoms. The van der Waals surface area contributed by atoms with Crippen LogP contribution in [0.25, 0.3) is 11.1 Å². The number of ether oxygens (including phenoxy) is 1. The van der Waals surface area contributed by atoms with Crippen LogP contribution in [0.15, 0.2) is 83.9 Å². The summed E-state index contributed by atoms with van der Waals surface area (Å²) in [4.78, 5) is 30.7. The summed E-state index contributed by atoms with van der Waals surface area (Å²) >= 11 is 7.05. The van der Waals surface area contributed by atoms with E-state index in [-0.39, 0.29) is 28.7 Å². The molecule has 0 unspecified atom stereocenters. The number of amides is 2. The van der Waals surface area contributed by atoms with Gasteiger partial charge in [0.1, 0.15) is 16.8 Å². The van der Waals surface area contributed by atoms with Crippen LogP contribution in [0.1, 0.15) is 28.5 Å². The van der Waals surface area contributed by atoms with Crippen molar-refractivity contribution < 1.29 is 14.3 Å². The van der Waals surface area contributed by atoms with Crippen molar-refractivity contribution in [2.45, 2.75) is 18.9 Å². The molecule has 0 atom stereocenters. The van der Waals surface area contributed by atoms with Gasteiger partial charge >= 0.3 is 0 Å². The number of carbonyl (C=O) groups is 2. The summed E-state index contributed by atoms with van der Waals surface area (Å²) in [6.45, 7) is 4.13. The lowest BCUT2D eigenvalue weighted by molar-refractivity contribution is -0.113. The van der Waals surface area contributed by atoms with Gasteiger partial charge in [0.15, 0.2) is 0 Å². The Labute approximate surface area is 236 Å². The molecule has 3 aromatic carbocycles. The maximum absolute atomic E-state index is 13.5. The molecular formula is C30H25ClN4O3S. The normalized spacial score (nSPS) is 10.4. The second-order valence-electron chi connectivity index (χ2n) is 8.36. The minimum absolute atomic E-state index is 0.0159. The second kappa shape index (κ2) is 13.0. The van der Waals surface area contributed by atoms with E-state index in [1.807, 2.05) is 37.3 Å². The van der Waals surface area contributed by atoms with Crippen LogP contribution in [0.3, 0.4) is 0 Å². The van der Waals surface area contributed by atoms with E-state index in [1.54, 1.807) is 55.5 Å². The lowest BCUT2D eigenvalue weighted by Gasteiger charge is -2.17. The molecule has 0 radical (unpaired) electrons. The van der Waals surface area contributed by atoms with Crippen LogP contribution in [-0.2, 0) is 4.79 Å². The first kappa shape index (κ1) is 27.7. The van der Waals surface area contributed by atoms with Gasteiger partial charge in [-0.1, -0.05) is 53.7 Å². The van der Waals surface area contributed by atoms with E-state index in [1.165, 1.54) is 0 Å². The Morgan fingerprint density at radius 1 is 0.974 bits per heavy atom. The highest BCUT2D eigenvalue weighted by Gasteiger charge is 2.25. The van der Waals surface area contributed by atoms with Crippen molar-refractivity contribution in [2.24, 2.45) is 0 Å². The average molecular weight is 557 g/mol. The van der Waals surface area contributed by atoms with Crippen molar-refractivity contribution >= 4 is 46.6 Å². The average Bonchev–Trinajstić information content (AvgIpc) is 2.94. The number of aryl methyl sites for hydroxylation is 1. The van der Waals surface area contributed by atoms with E-state index in [0.29, 0.717) is 50.6 Å². The van der Waals surface area contributed by atoms with Crippen LogP contribution < -0.4 is 15.4 Å². The van der Waals surface area contributed by atoms with Gasteiger partial charge in [0.05, 0.1) is 29.2 Å². The van der Waals surface area contributed by atoms with Crippen LogP contribution in [0.4, 0.5) is 11.4 Å². The van der Waals surface area contributed by atoms with Gasteiger partial charge in [0, 0.05) is 22.0 Å². The summed E-state index contributed by atoms with van der Waals surface area (Å²) in [5.74, 6) is 0.0410. The van der Waals surface area contributed by atoms with E-state index < -0.39 is 0 Å². The molecule has 1 heterocycles. The zero-order valence-electron chi connectivity index (χ0n) is 21.3. The molecule has 0 saturated heterocycles. The van der Waals surface area contributed by atoms with Gasteiger partial charge in [0.2, 0.25) is 5.91 Å². The van der Waals surface area contributed by atoms with Gasteiger partial charge < -0.3 is 15.4 Å². The zero-order chi connectivity index (χ0) is 27.8. The summed E-state index contributed by atoms with van der Waals surface area (Å²) < 4.78 is 5.57. The van der Waals surface area contributed by atoms with Crippen LogP contribution in [-0.4, -0.2) is 29.2 Å². The molecular weight excluding hydrogens is 532 g/mol. The molecule has 0 spiro atoms. The minimum Gasteiger partial charge on any atom is -0.494 e. The lowest BCUT2D eigenvalue weighted by Crippen LogP contribution is -2.18. The summed E-state index contributed by atoms with van der Waals surface area (Å²) in [6, 6.07) is 25.3. The van der Waals surface area contributed by atoms with Gasteiger partial charge in [-0.05, 0) is 67.9 Å². The maximum atomic E-state index is 13.5. The van der Waals surface area contributed by atoms with Crippen molar-refractivity contribution in [1.29, 1.82) is 5.26 Å². The van der Waals surface area contributed by atoms with Gasteiger partial charge in [-0.3, -0.25) is 9.59 Å². The molecule has 0 aliphatic heterocycles. The third-order valence-corrected chi connectivity index (χ3v) is 6.86. The number of nitriles is 1. The van der Waals surface area contributed by atoms with Crippen LogP contribution in [0.2, 0.25) is 5.02 Å². The Morgan fingerprint density at radius 3 is 2.28 bits per heavy atom. The number of anilines is 2. The molecule has 7 nitrogen and oxygen atoms in total. The number of hydrogen-bond donors (Lipinski definition) is 2. The van der Waals surface area contributed by atoms with E-state index in [4.69, 9.17) is 16.3 Å². The number of thioether (sulfide) groups is 1. The molecule has 0 aliphatic carbocycles. The van der Waals surface area contributed by atoms with E-state index in [9.17, 15) is 14.9 Å². The van der Waals surface area contributed by atoms with Gasteiger partial charge in [-0.2, -0.15) is 5.26 Å². The van der Waals surface area contributed by atoms with E-state index >= 15 is 0 Å². The predicted molar refractivity (Wildman–Crippen MR) is 155 cm³/mol. The first-order chi connectivity index (χ1) is 18.9. The molecule has 0 aliphatic rings. The standard InChI is InChI=1S/C30H25ClN4O3S/c1-3-38-24-15-9-20(10-16-24)28-25(17-32)30(39-18-26(36)34-23-13-11-21(31)12-14-23)33-19(2)27(28)29(37)35-22-7-5-4-6-8-22/h4-16H,3,18H2,1-2H3,(H,34,36)(H,35,37). The molecule has 0 saturated carbocycles. The first-order valence-electron chi connectivity index (χ1n) is 12.1. The Morgan fingerprint density at radius 2 is 1.64 bits per heavy atom. The Bertz CT molecular complexity index is 1520. The number of rotatable bonds is 9. The quantitative estimate of drug-likeness (QED) is 0.216. The fourth-order valence-electron chi connectivity index (χ4n) is 3.92. The molecule has 0 bridgehead atoms. The molecule has 39 heavy (non-hydrogen) atoms. The van der Waals surface area contributed by atoms with E-state index in [0.717, 1.165) is 11.8 Å². The molecule has 4 rings (SSSR count). The van der Waals surface area contributed by atoms with Crippen molar-refractivity contribution in [1.82, 2.24) is 4.98 Å². The third kappa shape index (κ3) is 6.96. The minimum atomic E-state index is -0.386. The SMILES string of the molecule is CCOc1ccc(-c2c(C#N)c(SCC(=O)Nc3ccc(Cl)cc3)nc(C)c2C(=O)Nc2ccccc2)cc1. The molecule has 196 valence electrons. The highest BCUT2D eigenvalue weighted by molar-refractivity contribution is 8.00. The van der Waals surface area contributed by atoms with Crippen LogP contribution in [0, 0.1) is 18.3 Å². The number of carbonyl (C=O) groups excluding carboxylic acids is 2. The van der Waals surface area contributed by atoms with Gasteiger partial charge in [-0.15, -0.1) is 0 Å². The molecule has 4 aromatic rings. The summed E-state index contributed by atoms with van der Waals surface area (Å²) in [5.41, 5.74) is 3.27. The number of pyridine rings is 1. The molecule has 2 amide bonds.